The van der Waals surface area contributed by atoms with Gasteiger partial charge in [-0.05, 0) is 30.3 Å². The average molecular weight is 550 g/mol. The summed E-state index contributed by atoms with van der Waals surface area (Å²) in [5.41, 5.74) is 4.89. The number of ether oxygens (including phenoxy) is 1. The van der Waals surface area contributed by atoms with E-state index in [2.05, 4.69) is 35.1 Å². The van der Waals surface area contributed by atoms with Gasteiger partial charge in [-0.1, -0.05) is 6.07 Å². The van der Waals surface area contributed by atoms with Crippen molar-refractivity contribution in [1.82, 2.24) is 35.1 Å². The highest BCUT2D eigenvalue weighted by atomic mass is 19.3. The Bertz CT molecular complexity index is 1790. The molecule has 5 aromatic rings. The van der Waals surface area contributed by atoms with E-state index in [-0.39, 0.29) is 25.9 Å². The van der Waals surface area contributed by atoms with Gasteiger partial charge in [-0.25, -0.2) is 27.5 Å². The molecule has 8 nitrogen and oxygen atoms in total. The summed E-state index contributed by atoms with van der Waals surface area (Å²) < 4.78 is 63.0. The van der Waals surface area contributed by atoms with Crippen molar-refractivity contribution >= 4 is 10.9 Å². The molecule has 8 rings (SSSR count). The van der Waals surface area contributed by atoms with Gasteiger partial charge in [0, 0.05) is 35.6 Å². The van der Waals surface area contributed by atoms with Crippen LogP contribution in [0, 0.1) is 0 Å². The van der Waals surface area contributed by atoms with Crippen molar-refractivity contribution in [2.75, 3.05) is 13.1 Å². The van der Waals surface area contributed by atoms with Gasteiger partial charge in [-0.2, -0.15) is 0 Å². The number of nitrogens with zero attached hydrogens (tertiary/aromatic N) is 3. The molecule has 12 heteroatoms. The quantitative estimate of drug-likeness (QED) is 0.207. The lowest BCUT2D eigenvalue weighted by Gasteiger charge is -2.21. The van der Waals surface area contributed by atoms with Crippen LogP contribution in [0.1, 0.15) is 36.6 Å². The summed E-state index contributed by atoms with van der Waals surface area (Å²) in [4.78, 5) is 15.1. The maximum Gasteiger partial charge on any atom is 0.262 e. The number of imidazole rings is 2. The molecule has 4 N–H and O–H groups in total. The number of hydrogen-bond acceptors (Lipinski definition) is 5. The van der Waals surface area contributed by atoms with Crippen molar-refractivity contribution in [3.63, 3.8) is 0 Å². The minimum atomic E-state index is -2.74. The van der Waals surface area contributed by atoms with Gasteiger partial charge in [0.25, 0.3) is 11.8 Å². The maximum atomic E-state index is 13.7. The van der Waals surface area contributed by atoms with Crippen molar-refractivity contribution in [3.05, 3.63) is 66.6 Å². The molecule has 2 atom stereocenters. The Morgan fingerprint density at radius 2 is 1.48 bits per heavy atom. The first kappa shape index (κ1) is 23.7. The van der Waals surface area contributed by atoms with Gasteiger partial charge >= 0.3 is 0 Å². The van der Waals surface area contributed by atoms with Gasteiger partial charge in [-0.3, -0.25) is 0 Å². The topological polar surface area (TPSA) is 95.6 Å². The monoisotopic (exact) mass is 549 g/mol. The van der Waals surface area contributed by atoms with E-state index >= 15 is 0 Å². The Morgan fingerprint density at radius 3 is 2.15 bits per heavy atom. The van der Waals surface area contributed by atoms with Crippen molar-refractivity contribution in [2.24, 2.45) is 0 Å². The molecule has 2 saturated heterocycles. The van der Waals surface area contributed by atoms with Gasteiger partial charge in [0.1, 0.15) is 11.6 Å². The standard InChI is InChI=1S/C28H23F4N7O/c29-27(30)8-17(35-12-27)25-33-10-19(37-25)14-1-3-21-23(7-14)40-22-4-2-15(16-5-6-39(21)24(16)22)20-11-34-26(38-20)18-9-28(31,32)13-36-18/h1-7,10-11,17-18,35-36H,8-9,12-13H2,(H,33,37)(H,34,38)/t17-,18-/m0/s1. The lowest BCUT2D eigenvalue weighted by molar-refractivity contribution is 0.0201. The molecule has 3 aliphatic heterocycles. The van der Waals surface area contributed by atoms with Crippen LogP contribution in [0.15, 0.2) is 55.0 Å². The van der Waals surface area contributed by atoms with Crippen LogP contribution in [0.2, 0.25) is 0 Å². The maximum absolute atomic E-state index is 13.7. The number of fused-ring (bicyclic) bond motifs is 2. The molecule has 2 fully saturated rings. The number of alkyl halides is 4. The fraction of sp³-hybridized carbons (Fsp3) is 0.286. The highest BCUT2D eigenvalue weighted by molar-refractivity contribution is 6.00. The number of aromatic nitrogens is 5. The lowest BCUT2D eigenvalue weighted by Crippen LogP contribution is -2.19. The fourth-order valence-electron chi connectivity index (χ4n) is 5.96. The normalized spacial score (nSPS) is 22.5. The predicted octanol–water partition coefficient (Wildman–Crippen LogP) is 5.86. The molecule has 0 amide bonds. The summed E-state index contributed by atoms with van der Waals surface area (Å²) in [6.45, 7) is -0.711. The van der Waals surface area contributed by atoms with Gasteiger partial charge in [0.15, 0.2) is 11.5 Å². The van der Waals surface area contributed by atoms with Crippen LogP contribution in [-0.2, 0) is 0 Å². The summed E-state index contributed by atoms with van der Waals surface area (Å²) in [6, 6.07) is 10.5. The van der Waals surface area contributed by atoms with E-state index < -0.39 is 23.9 Å². The zero-order valence-corrected chi connectivity index (χ0v) is 20.9. The predicted molar refractivity (Wildman–Crippen MR) is 139 cm³/mol. The second-order valence-electron chi connectivity index (χ2n) is 10.7. The Hall–Kier alpha value is -4.16. The van der Waals surface area contributed by atoms with E-state index in [1.54, 1.807) is 12.4 Å². The molecule has 0 spiro atoms. The molecule has 6 heterocycles. The number of rotatable bonds is 4. The van der Waals surface area contributed by atoms with Crippen molar-refractivity contribution in [1.29, 1.82) is 0 Å². The molecule has 2 aromatic carbocycles. The van der Waals surface area contributed by atoms with E-state index in [1.165, 1.54) is 0 Å². The third-order valence-electron chi connectivity index (χ3n) is 7.92. The smallest absolute Gasteiger partial charge is 0.262 e. The SMILES string of the molecule is FC1(F)CN[C@H](c2ncc(-c3ccc4c(c3)Oc3ccc(-c5cnc([C@@H]6CC(F)(F)CN6)[nH]5)c5ccn-4c35)[nH]2)C1. The summed E-state index contributed by atoms with van der Waals surface area (Å²) >= 11 is 0. The highest BCUT2D eigenvalue weighted by Crippen LogP contribution is 2.45. The van der Waals surface area contributed by atoms with E-state index in [0.29, 0.717) is 28.8 Å². The molecule has 0 aliphatic carbocycles. The largest absolute Gasteiger partial charge is 0.453 e. The van der Waals surface area contributed by atoms with E-state index in [9.17, 15) is 17.6 Å². The second-order valence-corrected chi connectivity index (χ2v) is 10.7. The summed E-state index contributed by atoms with van der Waals surface area (Å²) in [5.74, 6) is -3.19. The fourth-order valence-corrected chi connectivity index (χ4v) is 5.96. The van der Waals surface area contributed by atoms with Gasteiger partial charge in [0.05, 0.1) is 60.2 Å². The minimum Gasteiger partial charge on any atom is -0.453 e. The van der Waals surface area contributed by atoms with Crippen LogP contribution >= 0.6 is 0 Å². The van der Waals surface area contributed by atoms with Crippen LogP contribution in [0.25, 0.3) is 39.1 Å². The van der Waals surface area contributed by atoms with Crippen LogP contribution < -0.4 is 15.4 Å². The summed E-state index contributed by atoms with van der Waals surface area (Å²) in [7, 11) is 0. The number of benzene rings is 2. The first-order valence-electron chi connectivity index (χ1n) is 13.0. The number of H-pyrrole nitrogens is 2. The molecular formula is C28H23F4N7O. The Balaban J connectivity index is 1.11. The molecule has 0 bridgehead atoms. The van der Waals surface area contributed by atoms with E-state index in [4.69, 9.17) is 4.74 Å². The molecule has 0 saturated carbocycles. The third-order valence-corrected chi connectivity index (χ3v) is 7.92. The van der Waals surface area contributed by atoms with Gasteiger partial charge in [0.2, 0.25) is 0 Å². The van der Waals surface area contributed by atoms with E-state index in [0.717, 1.165) is 33.4 Å². The second kappa shape index (κ2) is 8.18. The Kier molecular flexibility index (Phi) is 4.85. The Morgan fingerprint density at radius 1 is 0.800 bits per heavy atom. The first-order valence-corrected chi connectivity index (χ1v) is 13.0. The number of hydrogen-bond donors (Lipinski definition) is 4. The number of halogens is 4. The molecule has 0 unspecified atom stereocenters. The summed E-state index contributed by atoms with van der Waals surface area (Å²) in [6.07, 6.45) is 4.71. The van der Waals surface area contributed by atoms with Gasteiger partial charge < -0.3 is 29.9 Å². The minimum absolute atomic E-state index is 0.287. The molecule has 0 radical (unpaired) electrons. The van der Waals surface area contributed by atoms with Crippen molar-refractivity contribution in [3.8, 4) is 39.7 Å². The van der Waals surface area contributed by atoms with Crippen LogP contribution in [-0.4, -0.2) is 49.4 Å². The van der Waals surface area contributed by atoms with Crippen LogP contribution in [0.3, 0.4) is 0 Å². The zero-order chi connectivity index (χ0) is 27.2. The highest BCUT2D eigenvalue weighted by Gasteiger charge is 2.42. The molecular weight excluding hydrogens is 526 g/mol. The Labute approximate surface area is 224 Å². The molecule has 3 aromatic heterocycles. The van der Waals surface area contributed by atoms with Crippen molar-refractivity contribution < 1.29 is 22.3 Å². The first-order chi connectivity index (χ1) is 19.2. The van der Waals surface area contributed by atoms with Gasteiger partial charge in [-0.15, -0.1) is 0 Å². The lowest BCUT2D eigenvalue weighted by atomic mass is 10.1. The van der Waals surface area contributed by atoms with Crippen LogP contribution in [0.5, 0.6) is 11.5 Å². The van der Waals surface area contributed by atoms with Crippen LogP contribution in [0.4, 0.5) is 17.6 Å². The van der Waals surface area contributed by atoms with E-state index in [1.807, 2.05) is 42.6 Å². The third kappa shape index (κ3) is 3.74. The average Bonchev–Trinajstić information content (AvgIpc) is 3.74. The zero-order valence-electron chi connectivity index (χ0n) is 20.9. The summed E-state index contributed by atoms with van der Waals surface area (Å²) in [5, 5.41) is 6.59. The molecule has 204 valence electrons. The molecule has 40 heavy (non-hydrogen) atoms. The molecule has 3 aliphatic rings. The number of nitrogens with one attached hydrogen (secondary N) is 4. The number of aromatic amines is 2. The van der Waals surface area contributed by atoms with Crippen molar-refractivity contribution in [2.45, 2.75) is 36.8 Å².